The van der Waals surface area contributed by atoms with Crippen LogP contribution in [0.3, 0.4) is 0 Å². The van der Waals surface area contributed by atoms with Crippen molar-refractivity contribution >= 4 is 22.7 Å². The normalized spacial score (nSPS) is 17.2. The molecule has 6 nitrogen and oxygen atoms in total. The predicted molar refractivity (Wildman–Crippen MR) is 104 cm³/mol. The number of aromatic nitrogens is 2. The van der Waals surface area contributed by atoms with E-state index in [1.54, 1.807) is 6.07 Å². The molecule has 0 bridgehead atoms. The van der Waals surface area contributed by atoms with E-state index in [-0.39, 0.29) is 17.8 Å². The molecular weight excluding hydrogens is 359 g/mol. The van der Waals surface area contributed by atoms with Gasteiger partial charge in [-0.3, -0.25) is 4.79 Å². The molecule has 2 atom stereocenters. The first-order valence-electron chi connectivity index (χ1n) is 9.20. The van der Waals surface area contributed by atoms with E-state index in [1.807, 2.05) is 38.1 Å². The van der Waals surface area contributed by atoms with Crippen LogP contribution in [0.15, 0.2) is 47.6 Å². The number of imidazole rings is 1. The number of amides is 1. The summed E-state index contributed by atoms with van der Waals surface area (Å²) < 4.78 is 13.3. The van der Waals surface area contributed by atoms with E-state index >= 15 is 0 Å². The van der Waals surface area contributed by atoms with Crippen LogP contribution in [0.2, 0.25) is 0 Å². The summed E-state index contributed by atoms with van der Waals surface area (Å²) in [5, 5.41) is 6.91. The quantitative estimate of drug-likeness (QED) is 0.710. The molecule has 0 unspecified atom stereocenters. The van der Waals surface area contributed by atoms with Gasteiger partial charge in [0.1, 0.15) is 11.6 Å². The third-order valence-corrected chi connectivity index (χ3v) is 4.74. The van der Waals surface area contributed by atoms with E-state index < -0.39 is 6.10 Å². The highest BCUT2D eigenvalue weighted by atomic mass is 19.1. The van der Waals surface area contributed by atoms with Crippen LogP contribution in [0, 0.1) is 12.7 Å². The summed E-state index contributed by atoms with van der Waals surface area (Å²) >= 11 is 0. The highest BCUT2D eigenvalue weighted by Crippen LogP contribution is 2.19. The fraction of sp³-hybridized carbons (Fsp3) is 0.286. The van der Waals surface area contributed by atoms with Crippen LogP contribution in [0.25, 0.3) is 11.0 Å². The average molecular weight is 380 g/mol. The zero-order chi connectivity index (χ0) is 19.7. The van der Waals surface area contributed by atoms with Gasteiger partial charge >= 0.3 is 0 Å². The molecule has 0 fully saturated rings. The number of hydrogen-bond acceptors (Lipinski definition) is 4. The smallest absolute Gasteiger partial charge is 0.264 e. The Labute approximate surface area is 161 Å². The highest BCUT2D eigenvalue weighted by molar-refractivity contribution is 5.94. The molecule has 2 heterocycles. The molecule has 4 rings (SSSR count). The minimum atomic E-state index is -0.683. The third-order valence-electron chi connectivity index (χ3n) is 4.74. The Balaban J connectivity index is 1.36. The average Bonchev–Trinajstić information content (AvgIpc) is 3.28. The Morgan fingerprint density at radius 1 is 1.36 bits per heavy atom. The van der Waals surface area contributed by atoms with Gasteiger partial charge in [0.05, 0.1) is 22.8 Å². The predicted octanol–water partition coefficient (Wildman–Crippen LogP) is 3.58. The van der Waals surface area contributed by atoms with Gasteiger partial charge in [0.2, 0.25) is 6.10 Å². The van der Waals surface area contributed by atoms with Crippen molar-refractivity contribution in [3.63, 3.8) is 0 Å². The van der Waals surface area contributed by atoms with Crippen molar-refractivity contribution in [3.05, 3.63) is 65.2 Å². The van der Waals surface area contributed by atoms with Gasteiger partial charge in [0.15, 0.2) is 0 Å². The summed E-state index contributed by atoms with van der Waals surface area (Å²) in [4.78, 5) is 25.6. The molecule has 0 saturated heterocycles. The van der Waals surface area contributed by atoms with Gasteiger partial charge in [-0.05, 0) is 49.2 Å². The number of hydrogen-bond donors (Lipinski definition) is 2. The first-order valence-corrected chi connectivity index (χ1v) is 9.20. The lowest BCUT2D eigenvalue weighted by Crippen LogP contribution is -2.36. The number of nitrogens with zero attached hydrogens (tertiary/aromatic N) is 2. The Kier molecular flexibility index (Phi) is 4.81. The van der Waals surface area contributed by atoms with E-state index in [0.717, 1.165) is 27.9 Å². The van der Waals surface area contributed by atoms with Crippen molar-refractivity contribution < 1.29 is 14.0 Å². The van der Waals surface area contributed by atoms with Crippen LogP contribution in [0.4, 0.5) is 4.39 Å². The van der Waals surface area contributed by atoms with Gasteiger partial charge in [0, 0.05) is 12.8 Å². The number of oxime groups is 1. The van der Waals surface area contributed by atoms with Crippen molar-refractivity contribution in [2.45, 2.75) is 38.8 Å². The van der Waals surface area contributed by atoms with E-state index in [0.29, 0.717) is 18.7 Å². The summed E-state index contributed by atoms with van der Waals surface area (Å²) in [6.07, 6.45) is 0.159. The number of aromatic amines is 1. The maximum Gasteiger partial charge on any atom is 0.264 e. The maximum atomic E-state index is 13.3. The van der Waals surface area contributed by atoms with Crippen LogP contribution in [0.1, 0.15) is 36.3 Å². The van der Waals surface area contributed by atoms with Crippen molar-refractivity contribution in [2.24, 2.45) is 5.16 Å². The fourth-order valence-corrected chi connectivity index (χ4v) is 3.28. The molecule has 7 heteroatoms. The van der Waals surface area contributed by atoms with Gasteiger partial charge in [-0.15, -0.1) is 0 Å². The van der Waals surface area contributed by atoms with E-state index in [4.69, 9.17) is 4.84 Å². The molecule has 0 radical (unpaired) electrons. The van der Waals surface area contributed by atoms with Crippen molar-refractivity contribution in [1.29, 1.82) is 0 Å². The largest absolute Gasteiger partial charge is 0.382 e. The third kappa shape index (κ3) is 3.88. The molecule has 2 N–H and O–H groups in total. The number of H-pyrrole nitrogens is 1. The molecule has 1 aliphatic heterocycles. The van der Waals surface area contributed by atoms with Gasteiger partial charge in [-0.2, -0.15) is 0 Å². The molecule has 1 aliphatic rings. The van der Waals surface area contributed by atoms with Crippen molar-refractivity contribution in [2.75, 3.05) is 0 Å². The molecule has 3 aromatic rings. The second-order valence-corrected chi connectivity index (χ2v) is 7.14. The molecule has 2 aromatic carbocycles. The zero-order valence-electron chi connectivity index (χ0n) is 15.7. The second kappa shape index (κ2) is 7.42. The Morgan fingerprint density at radius 3 is 3.04 bits per heavy atom. The Hall–Kier alpha value is -3.22. The molecule has 0 aliphatic carbocycles. The molecule has 1 amide bonds. The topological polar surface area (TPSA) is 79.4 Å². The summed E-state index contributed by atoms with van der Waals surface area (Å²) in [6, 6.07) is 12.0. The fourth-order valence-electron chi connectivity index (χ4n) is 3.28. The number of nitrogens with one attached hydrogen (secondary N) is 2. The monoisotopic (exact) mass is 380 g/mol. The first kappa shape index (κ1) is 18.2. The molecule has 0 spiro atoms. The van der Waals surface area contributed by atoms with Gasteiger partial charge in [-0.25, -0.2) is 9.37 Å². The number of aryl methyl sites for hydroxylation is 1. The lowest BCUT2D eigenvalue weighted by molar-refractivity contribution is -0.131. The minimum absolute atomic E-state index is 0.248. The maximum absolute atomic E-state index is 13.3. The van der Waals surface area contributed by atoms with E-state index in [1.165, 1.54) is 12.1 Å². The molecule has 28 heavy (non-hydrogen) atoms. The number of halogens is 1. The standard InChI is InChI=1S/C21H21FN4O2/c1-12-6-7-17-18(8-12)25-20(24-17)13(2)23-21(27)19-11-16(26-28-19)10-14-4-3-5-15(22)9-14/h3-9,13,19H,10-11H2,1-2H3,(H,23,27)(H,24,25)/t13-,19+/m0/s1. The molecule has 1 aromatic heterocycles. The number of rotatable bonds is 5. The molecule has 144 valence electrons. The minimum Gasteiger partial charge on any atom is -0.382 e. The summed E-state index contributed by atoms with van der Waals surface area (Å²) in [7, 11) is 0. The first-order chi connectivity index (χ1) is 13.5. The van der Waals surface area contributed by atoms with Crippen molar-refractivity contribution in [3.8, 4) is 0 Å². The van der Waals surface area contributed by atoms with Crippen LogP contribution in [-0.2, 0) is 16.1 Å². The Morgan fingerprint density at radius 2 is 2.21 bits per heavy atom. The van der Waals surface area contributed by atoms with Gasteiger partial charge < -0.3 is 15.1 Å². The summed E-state index contributed by atoms with van der Waals surface area (Å²) in [6.45, 7) is 3.88. The lowest BCUT2D eigenvalue weighted by Gasteiger charge is -2.14. The lowest BCUT2D eigenvalue weighted by atomic mass is 10.0. The van der Waals surface area contributed by atoms with E-state index in [2.05, 4.69) is 20.4 Å². The van der Waals surface area contributed by atoms with Crippen LogP contribution < -0.4 is 5.32 Å². The van der Waals surface area contributed by atoms with Crippen LogP contribution in [0.5, 0.6) is 0 Å². The van der Waals surface area contributed by atoms with Crippen molar-refractivity contribution in [1.82, 2.24) is 15.3 Å². The zero-order valence-corrected chi connectivity index (χ0v) is 15.7. The summed E-state index contributed by atoms with van der Waals surface area (Å²) in [5.74, 6) is 0.149. The molecule has 0 saturated carbocycles. The number of carbonyl (C=O) groups is 1. The highest BCUT2D eigenvalue weighted by Gasteiger charge is 2.29. The van der Waals surface area contributed by atoms with Gasteiger partial charge in [0.25, 0.3) is 5.91 Å². The summed E-state index contributed by atoms with van der Waals surface area (Å²) in [5.41, 5.74) is 4.46. The number of benzene rings is 2. The second-order valence-electron chi connectivity index (χ2n) is 7.14. The van der Waals surface area contributed by atoms with Crippen LogP contribution in [-0.4, -0.2) is 27.7 Å². The number of fused-ring (bicyclic) bond motifs is 1. The molecular formula is C21H21FN4O2. The SMILES string of the molecule is Cc1ccc2nc([C@H](C)NC(=O)[C@H]3CC(Cc4cccc(F)c4)=NO3)[nH]c2c1. The van der Waals surface area contributed by atoms with Crippen LogP contribution >= 0.6 is 0 Å². The van der Waals surface area contributed by atoms with Gasteiger partial charge in [-0.1, -0.05) is 23.4 Å². The van der Waals surface area contributed by atoms with E-state index in [9.17, 15) is 9.18 Å². The number of carbonyl (C=O) groups excluding carboxylic acids is 1. The Bertz CT molecular complexity index is 1060.